The van der Waals surface area contributed by atoms with Gasteiger partial charge in [-0.1, -0.05) is 0 Å². The second kappa shape index (κ2) is 8.37. The molecule has 19 heavy (non-hydrogen) atoms. The van der Waals surface area contributed by atoms with E-state index in [9.17, 15) is 4.79 Å². The molecule has 5 nitrogen and oxygen atoms in total. The predicted octanol–water partition coefficient (Wildman–Crippen LogP) is 1.86. The molecule has 0 aliphatic carbocycles. The normalized spacial score (nSPS) is 10.1. The van der Waals surface area contributed by atoms with E-state index in [-0.39, 0.29) is 5.91 Å². The average molecular weight is 267 g/mol. The van der Waals surface area contributed by atoms with Gasteiger partial charge < -0.3 is 19.5 Å². The molecule has 0 saturated heterocycles. The smallest absolute Gasteiger partial charge is 0.251 e. The summed E-state index contributed by atoms with van der Waals surface area (Å²) in [5.74, 6) is 1.07. The van der Waals surface area contributed by atoms with E-state index in [1.807, 2.05) is 6.92 Å². The van der Waals surface area contributed by atoms with E-state index in [0.29, 0.717) is 36.8 Å². The topological polar surface area (TPSA) is 56.8 Å². The number of carbonyl (C=O) groups is 1. The van der Waals surface area contributed by atoms with Gasteiger partial charge in [0.25, 0.3) is 5.91 Å². The maximum atomic E-state index is 11.9. The van der Waals surface area contributed by atoms with Gasteiger partial charge in [0.1, 0.15) is 0 Å². The van der Waals surface area contributed by atoms with Crippen LogP contribution in [0.25, 0.3) is 0 Å². The molecule has 0 radical (unpaired) electrons. The number of hydrogen-bond acceptors (Lipinski definition) is 4. The molecule has 0 aliphatic heterocycles. The second-order valence-corrected chi connectivity index (χ2v) is 3.90. The zero-order valence-corrected chi connectivity index (χ0v) is 11.7. The van der Waals surface area contributed by atoms with Crippen molar-refractivity contribution < 1.29 is 19.0 Å². The van der Waals surface area contributed by atoms with E-state index in [1.54, 1.807) is 32.4 Å². The predicted molar refractivity (Wildman–Crippen MR) is 73.0 cm³/mol. The van der Waals surface area contributed by atoms with Gasteiger partial charge in [-0.15, -0.1) is 0 Å². The molecule has 0 bridgehead atoms. The van der Waals surface area contributed by atoms with Crippen molar-refractivity contribution in [2.24, 2.45) is 0 Å². The fourth-order valence-electron chi connectivity index (χ4n) is 1.60. The highest BCUT2D eigenvalue weighted by atomic mass is 16.5. The fraction of sp³-hybridized carbons (Fsp3) is 0.500. The summed E-state index contributed by atoms with van der Waals surface area (Å²) in [6.45, 7) is 3.67. The van der Waals surface area contributed by atoms with E-state index in [1.165, 1.54) is 0 Å². The van der Waals surface area contributed by atoms with Crippen LogP contribution in [-0.2, 0) is 4.74 Å². The van der Waals surface area contributed by atoms with Crippen LogP contribution in [0.3, 0.4) is 0 Å². The average Bonchev–Trinajstić information content (AvgIpc) is 2.44. The Morgan fingerprint density at radius 1 is 1.26 bits per heavy atom. The quantitative estimate of drug-likeness (QED) is 0.730. The van der Waals surface area contributed by atoms with Crippen molar-refractivity contribution in [1.29, 1.82) is 0 Å². The van der Waals surface area contributed by atoms with E-state index >= 15 is 0 Å². The number of carbonyl (C=O) groups excluding carboxylic acids is 1. The Balaban J connectivity index is 2.64. The number of methoxy groups -OCH3 is 2. The molecule has 0 saturated carbocycles. The minimum absolute atomic E-state index is 0.127. The van der Waals surface area contributed by atoms with Crippen molar-refractivity contribution in [3.63, 3.8) is 0 Å². The zero-order valence-electron chi connectivity index (χ0n) is 11.7. The third-order valence-electron chi connectivity index (χ3n) is 2.54. The van der Waals surface area contributed by atoms with Crippen LogP contribution in [0.5, 0.6) is 11.5 Å². The first-order chi connectivity index (χ1) is 9.22. The van der Waals surface area contributed by atoms with E-state index in [2.05, 4.69) is 5.32 Å². The first kappa shape index (κ1) is 15.3. The van der Waals surface area contributed by atoms with Crippen molar-refractivity contribution in [2.75, 3.05) is 34.0 Å². The number of ether oxygens (including phenoxy) is 3. The highest BCUT2D eigenvalue weighted by molar-refractivity contribution is 5.94. The third-order valence-corrected chi connectivity index (χ3v) is 2.54. The largest absolute Gasteiger partial charge is 0.493 e. The molecular formula is C14H21NO4. The van der Waals surface area contributed by atoms with Crippen molar-refractivity contribution in [2.45, 2.75) is 13.3 Å². The van der Waals surface area contributed by atoms with Crippen LogP contribution in [0.2, 0.25) is 0 Å². The highest BCUT2D eigenvalue weighted by Gasteiger charge is 2.10. The van der Waals surface area contributed by atoms with Crippen LogP contribution in [0.1, 0.15) is 23.7 Å². The van der Waals surface area contributed by atoms with E-state index < -0.39 is 0 Å². The highest BCUT2D eigenvalue weighted by Crippen LogP contribution is 2.27. The summed E-state index contributed by atoms with van der Waals surface area (Å²) in [4.78, 5) is 11.9. The van der Waals surface area contributed by atoms with Gasteiger partial charge in [-0.2, -0.15) is 0 Å². The molecule has 106 valence electrons. The van der Waals surface area contributed by atoms with Gasteiger partial charge in [0, 0.05) is 25.8 Å². The van der Waals surface area contributed by atoms with Gasteiger partial charge in [0.15, 0.2) is 11.5 Å². The van der Waals surface area contributed by atoms with Crippen LogP contribution in [0.4, 0.5) is 0 Å². The lowest BCUT2D eigenvalue weighted by atomic mass is 10.2. The Labute approximate surface area is 113 Å². The SMILES string of the molecule is CCOc1ccc(C(=O)NCCCOC)cc1OC. The van der Waals surface area contributed by atoms with Gasteiger partial charge in [-0.25, -0.2) is 0 Å². The second-order valence-electron chi connectivity index (χ2n) is 3.90. The van der Waals surface area contributed by atoms with Crippen molar-refractivity contribution >= 4 is 5.91 Å². The van der Waals surface area contributed by atoms with Gasteiger partial charge in [0.2, 0.25) is 0 Å². The third kappa shape index (κ3) is 4.79. The van der Waals surface area contributed by atoms with Gasteiger partial charge in [-0.05, 0) is 31.5 Å². The molecule has 0 spiro atoms. The standard InChI is InChI=1S/C14H21NO4/c1-4-19-12-7-6-11(10-13(12)18-3)14(16)15-8-5-9-17-2/h6-7,10H,4-5,8-9H2,1-3H3,(H,15,16). The molecule has 0 atom stereocenters. The summed E-state index contributed by atoms with van der Waals surface area (Å²) >= 11 is 0. The van der Waals surface area contributed by atoms with Crippen LogP contribution >= 0.6 is 0 Å². The molecule has 1 amide bonds. The molecule has 1 N–H and O–H groups in total. The summed E-state index contributed by atoms with van der Waals surface area (Å²) in [7, 11) is 3.19. The Kier molecular flexibility index (Phi) is 6.74. The van der Waals surface area contributed by atoms with Crippen LogP contribution in [-0.4, -0.2) is 39.9 Å². The monoisotopic (exact) mass is 267 g/mol. The maximum absolute atomic E-state index is 11.9. The number of benzene rings is 1. The van der Waals surface area contributed by atoms with Crippen molar-refractivity contribution in [1.82, 2.24) is 5.32 Å². The Morgan fingerprint density at radius 2 is 2.05 bits per heavy atom. The Bertz CT molecular complexity index is 406. The fourth-order valence-corrected chi connectivity index (χ4v) is 1.60. The van der Waals surface area contributed by atoms with Gasteiger partial charge in [0.05, 0.1) is 13.7 Å². The summed E-state index contributed by atoms with van der Waals surface area (Å²) < 4.78 is 15.5. The van der Waals surface area contributed by atoms with Gasteiger partial charge in [-0.3, -0.25) is 4.79 Å². The molecular weight excluding hydrogens is 246 g/mol. The minimum atomic E-state index is -0.127. The summed E-state index contributed by atoms with van der Waals surface area (Å²) in [6.07, 6.45) is 0.788. The van der Waals surface area contributed by atoms with Crippen LogP contribution < -0.4 is 14.8 Å². The lowest BCUT2D eigenvalue weighted by Gasteiger charge is -2.11. The lowest BCUT2D eigenvalue weighted by Crippen LogP contribution is -2.25. The Morgan fingerprint density at radius 3 is 2.68 bits per heavy atom. The zero-order chi connectivity index (χ0) is 14.1. The summed E-state index contributed by atoms with van der Waals surface area (Å²) in [6, 6.07) is 5.14. The van der Waals surface area contributed by atoms with E-state index in [4.69, 9.17) is 14.2 Å². The Hall–Kier alpha value is -1.75. The molecule has 1 aromatic rings. The molecule has 0 aliphatic rings. The number of hydrogen-bond donors (Lipinski definition) is 1. The number of amides is 1. The van der Waals surface area contributed by atoms with Crippen LogP contribution in [0, 0.1) is 0 Å². The molecule has 0 fully saturated rings. The molecule has 1 aromatic carbocycles. The molecule has 0 heterocycles. The molecule has 1 rings (SSSR count). The van der Waals surface area contributed by atoms with E-state index in [0.717, 1.165) is 6.42 Å². The maximum Gasteiger partial charge on any atom is 0.251 e. The summed E-state index contributed by atoms with van der Waals surface area (Å²) in [5.41, 5.74) is 0.553. The van der Waals surface area contributed by atoms with Crippen molar-refractivity contribution in [3.8, 4) is 11.5 Å². The van der Waals surface area contributed by atoms with Gasteiger partial charge >= 0.3 is 0 Å². The lowest BCUT2D eigenvalue weighted by molar-refractivity contribution is 0.0948. The first-order valence-corrected chi connectivity index (χ1v) is 6.30. The van der Waals surface area contributed by atoms with Crippen molar-refractivity contribution in [3.05, 3.63) is 23.8 Å². The molecule has 5 heteroatoms. The van der Waals surface area contributed by atoms with Crippen LogP contribution in [0.15, 0.2) is 18.2 Å². The summed E-state index contributed by atoms with van der Waals surface area (Å²) in [5, 5.41) is 2.82. The first-order valence-electron chi connectivity index (χ1n) is 6.30. The minimum Gasteiger partial charge on any atom is -0.493 e. The number of nitrogens with one attached hydrogen (secondary N) is 1. The molecule has 0 aromatic heterocycles. The molecule has 0 unspecified atom stereocenters. The number of rotatable bonds is 8.